The van der Waals surface area contributed by atoms with Crippen molar-refractivity contribution < 1.29 is 9.59 Å². The maximum atomic E-state index is 11.9. The lowest BCUT2D eigenvalue weighted by atomic mass is 10.1. The van der Waals surface area contributed by atoms with Crippen molar-refractivity contribution >= 4 is 11.9 Å². The zero-order valence-electron chi connectivity index (χ0n) is 9.14. The van der Waals surface area contributed by atoms with Gasteiger partial charge in [-0.05, 0) is 12.0 Å². The maximum Gasteiger partial charge on any atom is 0.325 e. The highest BCUT2D eigenvalue weighted by Gasteiger charge is 2.37. The summed E-state index contributed by atoms with van der Waals surface area (Å²) in [4.78, 5) is 24.8. The molecule has 0 aromatic heterocycles. The summed E-state index contributed by atoms with van der Waals surface area (Å²) in [5.74, 6) is -0.155. The number of carbonyl (C=O) groups is 2. The van der Waals surface area contributed by atoms with Crippen molar-refractivity contribution in [1.29, 1.82) is 0 Å². The Kier molecular flexibility index (Phi) is 2.90. The molecule has 0 radical (unpaired) electrons. The van der Waals surface area contributed by atoms with Crippen LogP contribution in [-0.4, -0.2) is 23.4 Å². The standard InChI is InChI=1S/C12H14N2O2/c1-2-8-14-11(15)10(13-12(14)16)9-6-4-3-5-7-9/h3-7,10H,2,8H2,1H3,(H,13,16). The van der Waals surface area contributed by atoms with E-state index in [0.717, 1.165) is 12.0 Å². The molecular weight excluding hydrogens is 204 g/mol. The second-order valence-corrected chi connectivity index (χ2v) is 3.78. The fourth-order valence-electron chi connectivity index (χ4n) is 1.83. The van der Waals surface area contributed by atoms with Crippen molar-refractivity contribution in [1.82, 2.24) is 10.2 Å². The van der Waals surface area contributed by atoms with Gasteiger partial charge in [-0.25, -0.2) is 4.79 Å². The molecule has 3 amide bonds. The van der Waals surface area contributed by atoms with Gasteiger partial charge in [0.05, 0.1) is 0 Å². The van der Waals surface area contributed by atoms with Crippen molar-refractivity contribution in [2.75, 3.05) is 6.54 Å². The van der Waals surface area contributed by atoms with Gasteiger partial charge in [-0.3, -0.25) is 9.69 Å². The highest BCUT2D eigenvalue weighted by molar-refractivity contribution is 6.04. The van der Waals surface area contributed by atoms with Crippen LogP contribution in [0.3, 0.4) is 0 Å². The van der Waals surface area contributed by atoms with Crippen LogP contribution in [0.25, 0.3) is 0 Å². The van der Waals surface area contributed by atoms with E-state index < -0.39 is 6.04 Å². The molecule has 16 heavy (non-hydrogen) atoms. The van der Waals surface area contributed by atoms with Gasteiger partial charge in [0.2, 0.25) is 0 Å². The van der Waals surface area contributed by atoms with Crippen LogP contribution in [0.1, 0.15) is 24.9 Å². The Morgan fingerprint density at radius 2 is 1.94 bits per heavy atom. The Labute approximate surface area is 94.2 Å². The molecule has 1 aliphatic rings. The first-order valence-corrected chi connectivity index (χ1v) is 5.41. The number of hydrogen-bond donors (Lipinski definition) is 1. The normalized spacial score (nSPS) is 20.1. The first kappa shape index (κ1) is 10.7. The molecular formula is C12H14N2O2. The molecule has 1 N–H and O–H groups in total. The number of carbonyl (C=O) groups excluding carboxylic acids is 2. The molecule has 0 spiro atoms. The largest absolute Gasteiger partial charge is 0.325 e. The first-order chi connectivity index (χ1) is 7.74. The van der Waals surface area contributed by atoms with E-state index in [-0.39, 0.29) is 11.9 Å². The Bertz CT molecular complexity index is 403. The maximum absolute atomic E-state index is 11.9. The number of hydrogen-bond acceptors (Lipinski definition) is 2. The molecule has 1 aromatic rings. The quantitative estimate of drug-likeness (QED) is 0.785. The summed E-state index contributed by atoms with van der Waals surface area (Å²) in [6.45, 7) is 2.42. The van der Waals surface area contributed by atoms with Crippen molar-refractivity contribution in [3.8, 4) is 0 Å². The molecule has 1 heterocycles. The number of urea groups is 1. The van der Waals surface area contributed by atoms with Crippen LogP contribution in [0.15, 0.2) is 30.3 Å². The topological polar surface area (TPSA) is 49.4 Å². The summed E-state index contributed by atoms with van der Waals surface area (Å²) in [7, 11) is 0. The van der Waals surface area contributed by atoms with Crippen LogP contribution in [0.4, 0.5) is 4.79 Å². The number of nitrogens with zero attached hydrogens (tertiary/aromatic N) is 1. The highest BCUT2D eigenvalue weighted by atomic mass is 16.2. The Hall–Kier alpha value is -1.84. The third-order valence-corrected chi connectivity index (χ3v) is 2.61. The van der Waals surface area contributed by atoms with E-state index in [2.05, 4.69) is 5.32 Å². The van der Waals surface area contributed by atoms with Crippen LogP contribution in [0.2, 0.25) is 0 Å². The highest BCUT2D eigenvalue weighted by Crippen LogP contribution is 2.21. The predicted octanol–water partition coefficient (Wildman–Crippen LogP) is 1.69. The van der Waals surface area contributed by atoms with Gasteiger partial charge in [-0.2, -0.15) is 0 Å². The van der Waals surface area contributed by atoms with E-state index in [9.17, 15) is 9.59 Å². The molecule has 4 heteroatoms. The second-order valence-electron chi connectivity index (χ2n) is 3.78. The van der Waals surface area contributed by atoms with Crippen molar-refractivity contribution in [2.45, 2.75) is 19.4 Å². The third-order valence-electron chi connectivity index (χ3n) is 2.61. The fourth-order valence-corrected chi connectivity index (χ4v) is 1.83. The van der Waals surface area contributed by atoms with E-state index in [4.69, 9.17) is 0 Å². The Morgan fingerprint density at radius 3 is 2.56 bits per heavy atom. The van der Waals surface area contributed by atoms with Crippen molar-refractivity contribution in [2.24, 2.45) is 0 Å². The number of nitrogens with one attached hydrogen (secondary N) is 1. The van der Waals surface area contributed by atoms with Crippen LogP contribution >= 0.6 is 0 Å². The minimum Gasteiger partial charge on any atom is -0.322 e. The zero-order valence-corrected chi connectivity index (χ0v) is 9.14. The smallest absolute Gasteiger partial charge is 0.322 e. The van der Waals surface area contributed by atoms with Crippen LogP contribution in [0, 0.1) is 0 Å². The minimum absolute atomic E-state index is 0.155. The zero-order chi connectivity index (χ0) is 11.5. The Morgan fingerprint density at radius 1 is 1.25 bits per heavy atom. The van der Waals surface area contributed by atoms with Gasteiger partial charge in [0.15, 0.2) is 0 Å². The first-order valence-electron chi connectivity index (χ1n) is 5.41. The van der Waals surface area contributed by atoms with Gasteiger partial charge in [0, 0.05) is 6.54 Å². The summed E-state index contributed by atoms with van der Waals surface area (Å²) in [6.07, 6.45) is 0.778. The van der Waals surface area contributed by atoms with Gasteiger partial charge in [0.1, 0.15) is 6.04 Å². The van der Waals surface area contributed by atoms with Crippen molar-refractivity contribution in [3.63, 3.8) is 0 Å². The van der Waals surface area contributed by atoms with E-state index in [1.807, 2.05) is 37.3 Å². The molecule has 4 nitrogen and oxygen atoms in total. The van der Waals surface area contributed by atoms with Crippen molar-refractivity contribution in [3.05, 3.63) is 35.9 Å². The lowest BCUT2D eigenvalue weighted by Gasteiger charge is -2.11. The summed E-state index contributed by atoms with van der Waals surface area (Å²) < 4.78 is 0. The fraction of sp³-hybridized carbons (Fsp3) is 0.333. The summed E-state index contributed by atoms with van der Waals surface area (Å²) in [6, 6.07) is 8.49. The van der Waals surface area contributed by atoms with E-state index in [0.29, 0.717) is 6.54 Å². The average Bonchev–Trinajstić information content (AvgIpc) is 2.59. The second kappa shape index (κ2) is 4.35. The molecule has 2 rings (SSSR count). The molecule has 0 saturated carbocycles. The Balaban J connectivity index is 2.21. The molecule has 1 unspecified atom stereocenters. The molecule has 0 bridgehead atoms. The number of benzene rings is 1. The molecule has 1 atom stereocenters. The summed E-state index contributed by atoms with van der Waals surface area (Å²) in [5, 5.41) is 2.69. The summed E-state index contributed by atoms with van der Waals surface area (Å²) >= 11 is 0. The third kappa shape index (κ3) is 1.78. The van der Waals surface area contributed by atoms with E-state index >= 15 is 0 Å². The predicted molar refractivity (Wildman–Crippen MR) is 59.7 cm³/mol. The van der Waals surface area contributed by atoms with Gasteiger partial charge in [0.25, 0.3) is 5.91 Å². The van der Waals surface area contributed by atoms with Gasteiger partial charge < -0.3 is 5.32 Å². The molecule has 1 saturated heterocycles. The monoisotopic (exact) mass is 218 g/mol. The van der Waals surface area contributed by atoms with Gasteiger partial charge in [-0.15, -0.1) is 0 Å². The molecule has 1 fully saturated rings. The molecule has 1 aliphatic heterocycles. The molecule has 84 valence electrons. The minimum atomic E-state index is -0.514. The lowest BCUT2D eigenvalue weighted by molar-refractivity contribution is -0.127. The van der Waals surface area contributed by atoms with E-state index in [1.54, 1.807) is 0 Å². The average molecular weight is 218 g/mol. The lowest BCUT2D eigenvalue weighted by Crippen LogP contribution is -2.31. The van der Waals surface area contributed by atoms with Crippen LogP contribution < -0.4 is 5.32 Å². The number of amides is 3. The SMILES string of the molecule is CCCN1C(=O)NC(c2ccccc2)C1=O. The molecule has 1 aromatic carbocycles. The molecule has 0 aliphatic carbocycles. The van der Waals surface area contributed by atoms with Gasteiger partial charge in [-0.1, -0.05) is 37.3 Å². The number of imide groups is 1. The van der Waals surface area contributed by atoms with E-state index in [1.165, 1.54) is 4.90 Å². The van der Waals surface area contributed by atoms with Crippen LogP contribution in [0.5, 0.6) is 0 Å². The summed E-state index contributed by atoms with van der Waals surface area (Å²) in [5.41, 5.74) is 0.833. The number of rotatable bonds is 3. The van der Waals surface area contributed by atoms with Crippen LogP contribution in [-0.2, 0) is 4.79 Å². The van der Waals surface area contributed by atoms with Gasteiger partial charge >= 0.3 is 6.03 Å².